The molecule has 3 N–H and O–H groups in total. The van der Waals surface area contributed by atoms with Crippen LogP contribution in [0.3, 0.4) is 0 Å². The van der Waals surface area contributed by atoms with Gasteiger partial charge in [0.15, 0.2) is 0 Å². The number of alkyl halides is 3. The number of carbonyl (C=O) groups is 2. The van der Waals surface area contributed by atoms with Crippen molar-refractivity contribution >= 4 is 29.1 Å². The molecular formula is C12H13ClF3N3O2. The number of benzene rings is 1. The number of anilines is 1. The van der Waals surface area contributed by atoms with Gasteiger partial charge in [-0.05, 0) is 18.2 Å². The third-order valence-electron chi connectivity index (χ3n) is 2.33. The zero-order chi connectivity index (χ0) is 16.0. The van der Waals surface area contributed by atoms with Crippen LogP contribution in [-0.4, -0.2) is 38.1 Å². The van der Waals surface area contributed by atoms with E-state index in [0.717, 1.165) is 0 Å². The average molecular weight is 324 g/mol. The summed E-state index contributed by atoms with van der Waals surface area (Å²) < 4.78 is 35.7. The van der Waals surface area contributed by atoms with Crippen molar-refractivity contribution < 1.29 is 22.8 Å². The third-order valence-corrected chi connectivity index (χ3v) is 2.66. The molecule has 0 aliphatic carbocycles. The van der Waals surface area contributed by atoms with Crippen molar-refractivity contribution in [2.24, 2.45) is 0 Å². The fourth-order valence-corrected chi connectivity index (χ4v) is 1.64. The minimum atomic E-state index is -4.38. The highest BCUT2D eigenvalue weighted by Gasteiger charge is 2.26. The van der Waals surface area contributed by atoms with Crippen LogP contribution in [0.5, 0.6) is 0 Å². The Balaban J connectivity index is 2.62. The number of rotatable bonds is 5. The predicted octanol–water partition coefficient (Wildman–Crippen LogP) is 1.79. The number of amides is 2. The van der Waals surface area contributed by atoms with Crippen LogP contribution >= 0.6 is 11.6 Å². The molecule has 1 aromatic rings. The molecule has 0 spiro atoms. The summed E-state index contributed by atoms with van der Waals surface area (Å²) >= 11 is 5.83. The van der Waals surface area contributed by atoms with Gasteiger partial charge >= 0.3 is 6.18 Å². The Morgan fingerprint density at radius 1 is 1.29 bits per heavy atom. The molecule has 0 saturated heterocycles. The van der Waals surface area contributed by atoms with Crippen molar-refractivity contribution in [3.8, 4) is 0 Å². The Labute approximate surface area is 123 Å². The molecule has 21 heavy (non-hydrogen) atoms. The van der Waals surface area contributed by atoms with Gasteiger partial charge in [0.2, 0.25) is 5.91 Å². The van der Waals surface area contributed by atoms with E-state index < -0.39 is 31.1 Å². The standard InChI is InChI=1S/C12H13ClF3N3O2/c1-17-11(21)8-4-7(2-3-9(8)13)19-10(20)5-18-6-12(14,15)16/h2-4,18H,5-6H2,1H3,(H,17,21)(H,19,20). The molecule has 5 nitrogen and oxygen atoms in total. The van der Waals surface area contributed by atoms with Gasteiger partial charge in [-0.15, -0.1) is 0 Å². The summed E-state index contributed by atoms with van der Waals surface area (Å²) in [6, 6.07) is 4.18. The first-order valence-electron chi connectivity index (χ1n) is 5.82. The maximum atomic E-state index is 11.9. The minimum absolute atomic E-state index is 0.153. The normalized spacial score (nSPS) is 11.1. The van der Waals surface area contributed by atoms with Crippen molar-refractivity contribution in [2.45, 2.75) is 6.18 Å². The first-order valence-corrected chi connectivity index (χ1v) is 6.19. The largest absolute Gasteiger partial charge is 0.401 e. The predicted molar refractivity (Wildman–Crippen MR) is 72.4 cm³/mol. The summed E-state index contributed by atoms with van der Waals surface area (Å²) in [6.07, 6.45) is -4.38. The Morgan fingerprint density at radius 3 is 2.52 bits per heavy atom. The summed E-state index contributed by atoms with van der Waals surface area (Å²) in [4.78, 5) is 23.0. The topological polar surface area (TPSA) is 70.2 Å². The van der Waals surface area contributed by atoms with E-state index in [0.29, 0.717) is 0 Å². The lowest BCUT2D eigenvalue weighted by Crippen LogP contribution is -2.35. The van der Waals surface area contributed by atoms with Crippen LogP contribution in [0.4, 0.5) is 18.9 Å². The van der Waals surface area contributed by atoms with Gasteiger partial charge in [-0.25, -0.2) is 0 Å². The highest BCUT2D eigenvalue weighted by Crippen LogP contribution is 2.20. The second-order valence-corrected chi connectivity index (χ2v) is 4.45. The first kappa shape index (κ1) is 17.3. The summed E-state index contributed by atoms with van der Waals surface area (Å²) in [6.45, 7) is -1.76. The molecule has 0 aromatic heterocycles. The molecule has 9 heteroatoms. The molecule has 2 amide bonds. The molecule has 1 aromatic carbocycles. The van der Waals surface area contributed by atoms with Crippen LogP contribution in [0.15, 0.2) is 18.2 Å². The molecule has 0 fully saturated rings. The van der Waals surface area contributed by atoms with Crippen molar-refractivity contribution in [1.29, 1.82) is 0 Å². The molecule has 0 atom stereocenters. The van der Waals surface area contributed by atoms with Crippen LogP contribution in [0.1, 0.15) is 10.4 Å². The van der Waals surface area contributed by atoms with Crippen molar-refractivity contribution in [1.82, 2.24) is 10.6 Å². The molecule has 0 saturated carbocycles. The Bertz CT molecular complexity index is 535. The van der Waals surface area contributed by atoms with E-state index in [1.165, 1.54) is 25.2 Å². The second-order valence-electron chi connectivity index (χ2n) is 4.04. The Morgan fingerprint density at radius 2 is 1.95 bits per heavy atom. The number of hydrogen-bond donors (Lipinski definition) is 3. The van der Waals surface area contributed by atoms with E-state index >= 15 is 0 Å². The molecule has 0 bridgehead atoms. The summed E-state index contributed by atoms with van der Waals surface area (Å²) in [5.41, 5.74) is 0.414. The molecule has 116 valence electrons. The SMILES string of the molecule is CNC(=O)c1cc(NC(=O)CNCC(F)(F)F)ccc1Cl. The van der Waals surface area contributed by atoms with Crippen molar-refractivity contribution in [3.05, 3.63) is 28.8 Å². The molecule has 0 unspecified atom stereocenters. The molecule has 0 aliphatic heterocycles. The van der Waals surface area contributed by atoms with E-state index in [-0.39, 0.29) is 16.3 Å². The molecular weight excluding hydrogens is 311 g/mol. The number of carbonyl (C=O) groups excluding carboxylic acids is 2. The average Bonchev–Trinajstić information content (AvgIpc) is 2.38. The molecule has 0 radical (unpaired) electrons. The van der Waals surface area contributed by atoms with E-state index in [4.69, 9.17) is 11.6 Å². The monoisotopic (exact) mass is 323 g/mol. The summed E-state index contributed by atoms with van der Waals surface area (Å²) in [5, 5.41) is 6.91. The van der Waals surface area contributed by atoms with E-state index in [2.05, 4.69) is 10.6 Å². The van der Waals surface area contributed by atoms with Gasteiger partial charge in [0.25, 0.3) is 5.91 Å². The fraction of sp³-hybridized carbons (Fsp3) is 0.333. The lowest BCUT2D eigenvalue weighted by molar-refractivity contribution is -0.126. The van der Waals surface area contributed by atoms with Crippen LogP contribution in [0.25, 0.3) is 0 Å². The Hall–Kier alpha value is -1.80. The highest BCUT2D eigenvalue weighted by molar-refractivity contribution is 6.34. The zero-order valence-corrected chi connectivity index (χ0v) is 11.7. The van der Waals surface area contributed by atoms with Crippen LogP contribution in [-0.2, 0) is 4.79 Å². The molecule has 0 heterocycles. The molecule has 0 aliphatic rings. The highest BCUT2D eigenvalue weighted by atomic mass is 35.5. The van der Waals surface area contributed by atoms with Crippen LogP contribution in [0, 0.1) is 0 Å². The lowest BCUT2D eigenvalue weighted by Gasteiger charge is -2.10. The van der Waals surface area contributed by atoms with Gasteiger partial charge in [0.05, 0.1) is 23.7 Å². The van der Waals surface area contributed by atoms with Crippen molar-refractivity contribution in [2.75, 3.05) is 25.5 Å². The minimum Gasteiger partial charge on any atom is -0.355 e. The maximum Gasteiger partial charge on any atom is 0.401 e. The quantitative estimate of drug-likeness (QED) is 0.773. The van der Waals surface area contributed by atoms with Gasteiger partial charge in [-0.2, -0.15) is 13.2 Å². The maximum absolute atomic E-state index is 11.9. The van der Waals surface area contributed by atoms with E-state index in [1.54, 1.807) is 0 Å². The first-order chi connectivity index (χ1) is 9.73. The van der Waals surface area contributed by atoms with Gasteiger partial charge in [0, 0.05) is 12.7 Å². The van der Waals surface area contributed by atoms with Gasteiger partial charge < -0.3 is 16.0 Å². The van der Waals surface area contributed by atoms with E-state index in [1.807, 2.05) is 5.32 Å². The van der Waals surface area contributed by atoms with Crippen LogP contribution in [0.2, 0.25) is 5.02 Å². The van der Waals surface area contributed by atoms with Gasteiger partial charge in [-0.1, -0.05) is 11.6 Å². The van der Waals surface area contributed by atoms with Gasteiger partial charge in [0.1, 0.15) is 0 Å². The third kappa shape index (κ3) is 6.01. The van der Waals surface area contributed by atoms with Gasteiger partial charge in [-0.3, -0.25) is 9.59 Å². The summed E-state index contributed by atoms with van der Waals surface area (Å²) in [5.74, 6) is -1.10. The second kappa shape index (κ2) is 7.28. The molecule has 1 rings (SSSR count). The van der Waals surface area contributed by atoms with Crippen molar-refractivity contribution in [3.63, 3.8) is 0 Å². The number of hydrogen-bond acceptors (Lipinski definition) is 3. The Kier molecular flexibility index (Phi) is 5.98. The smallest absolute Gasteiger partial charge is 0.355 e. The zero-order valence-electron chi connectivity index (χ0n) is 11.0. The van der Waals surface area contributed by atoms with E-state index in [9.17, 15) is 22.8 Å². The lowest BCUT2D eigenvalue weighted by atomic mass is 10.2. The number of halogens is 4. The fourth-order valence-electron chi connectivity index (χ4n) is 1.43. The summed E-state index contributed by atoms with van der Waals surface area (Å²) in [7, 11) is 1.42. The number of nitrogens with one attached hydrogen (secondary N) is 3. The van der Waals surface area contributed by atoms with Crippen LogP contribution < -0.4 is 16.0 Å².